The molecule has 3 heterocycles. The van der Waals surface area contributed by atoms with Gasteiger partial charge in [-0.05, 0) is 24.6 Å². The molecule has 6 nitrogen and oxygen atoms in total. The topological polar surface area (TPSA) is 57.2 Å². The molecule has 5 aromatic rings. The summed E-state index contributed by atoms with van der Waals surface area (Å²) in [5, 5.41) is 5.49. The van der Waals surface area contributed by atoms with Crippen LogP contribution in [-0.4, -0.2) is 31.3 Å². The van der Waals surface area contributed by atoms with Gasteiger partial charge in [0, 0.05) is 29.4 Å². The molecular formula is C22H19N5O. The summed E-state index contributed by atoms with van der Waals surface area (Å²) in [7, 11) is 1.71. The highest BCUT2D eigenvalue weighted by molar-refractivity contribution is 5.98. The molecule has 0 aliphatic carbocycles. The first-order valence-corrected chi connectivity index (χ1v) is 9.12. The molecule has 0 aliphatic heterocycles. The van der Waals surface area contributed by atoms with E-state index in [1.807, 2.05) is 31.2 Å². The number of hydrogen-bond donors (Lipinski definition) is 0. The first-order chi connectivity index (χ1) is 13.7. The molecular weight excluding hydrogens is 350 g/mol. The van der Waals surface area contributed by atoms with E-state index >= 15 is 0 Å². The number of benzene rings is 2. The molecule has 0 radical (unpaired) electrons. The molecule has 3 aromatic heterocycles. The van der Waals surface area contributed by atoms with E-state index in [0.29, 0.717) is 5.78 Å². The zero-order valence-corrected chi connectivity index (χ0v) is 15.7. The van der Waals surface area contributed by atoms with Crippen LogP contribution in [0, 0.1) is 6.92 Å². The third-order valence-electron chi connectivity index (χ3n) is 4.93. The van der Waals surface area contributed by atoms with Gasteiger partial charge in [0.05, 0.1) is 18.3 Å². The van der Waals surface area contributed by atoms with Crippen LogP contribution in [0.2, 0.25) is 0 Å². The number of methoxy groups -OCH3 is 1. The highest BCUT2D eigenvalue weighted by Crippen LogP contribution is 2.36. The van der Waals surface area contributed by atoms with Crippen LogP contribution >= 0.6 is 0 Å². The first kappa shape index (κ1) is 16.5. The average molecular weight is 369 g/mol. The second kappa shape index (κ2) is 6.49. The van der Waals surface area contributed by atoms with Gasteiger partial charge in [-0.15, -0.1) is 0 Å². The largest absolute Gasteiger partial charge is 0.495 e. The Balaban J connectivity index is 1.79. The molecule has 138 valence electrons. The zero-order chi connectivity index (χ0) is 19.1. The molecule has 0 fully saturated rings. The van der Waals surface area contributed by atoms with Gasteiger partial charge in [-0.25, -0.2) is 4.98 Å². The number of aromatic nitrogens is 5. The number of ether oxygens (including phenoxy) is 1. The monoisotopic (exact) mass is 369 g/mol. The van der Waals surface area contributed by atoms with Gasteiger partial charge in [0.25, 0.3) is 5.78 Å². The highest BCUT2D eigenvalue weighted by atomic mass is 16.5. The fourth-order valence-corrected chi connectivity index (χ4v) is 3.72. The smallest absolute Gasteiger partial charge is 0.252 e. The minimum absolute atomic E-state index is 0.599. The lowest BCUT2D eigenvalue weighted by atomic mass is 10.1. The van der Waals surface area contributed by atoms with Gasteiger partial charge in [-0.2, -0.15) is 14.6 Å². The maximum absolute atomic E-state index is 5.68. The normalized spacial score (nSPS) is 11.4. The predicted molar refractivity (Wildman–Crippen MR) is 109 cm³/mol. The van der Waals surface area contributed by atoms with Crippen molar-refractivity contribution in [3.63, 3.8) is 0 Å². The van der Waals surface area contributed by atoms with Crippen molar-refractivity contribution in [2.45, 2.75) is 13.5 Å². The molecule has 0 spiro atoms. The van der Waals surface area contributed by atoms with Gasteiger partial charge in [0.1, 0.15) is 12.1 Å². The maximum atomic E-state index is 5.68. The molecule has 0 amide bonds. The van der Waals surface area contributed by atoms with Gasteiger partial charge in [0.15, 0.2) is 0 Å². The highest BCUT2D eigenvalue weighted by Gasteiger charge is 2.17. The standard InChI is InChI=1S/C22H19N5O/c1-15-11-19(27-22(25-15)23-14-24-27)18-13-26(12-16-7-4-3-5-8-16)21-17(18)9-6-10-20(21)28-2/h3-11,13-14H,12H2,1-2H3. The summed E-state index contributed by atoms with van der Waals surface area (Å²) in [6.45, 7) is 2.73. The van der Waals surface area contributed by atoms with Gasteiger partial charge < -0.3 is 9.30 Å². The number of hydrogen-bond acceptors (Lipinski definition) is 4. The Morgan fingerprint density at radius 2 is 1.89 bits per heavy atom. The molecule has 6 heteroatoms. The number of fused-ring (bicyclic) bond motifs is 2. The minimum Gasteiger partial charge on any atom is -0.495 e. The predicted octanol–water partition coefficient (Wildman–Crippen LogP) is 4.11. The Morgan fingerprint density at radius 3 is 2.71 bits per heavy atom. The van der Waals surface area contributed by atoms with Gasteiger partial charge in [-0.1, -0.05) is 42.5 Å². The van der Waals surface area contributed by atoms with E-state index < -0.39 is 0 Å². The third-order valence-corrected chi connectivity index (χ3v) is 4.93. The Hall–Kier alpha value is -3.67. The lowest BCUT2D eigenvalue weighted by molar-refractivity contribution is 0.417. The minimum atomic E-state index is 0.599. The maximum Gasteiger partial charge on any atom is 0.252 e. The van der Waals surface area contributed by atoms with Crippen LogP contribution in [0.4, 0.5) is 0 Å². The van der Waals surface area contributed by atoms with Gasteiger partial charge >= 0.3 is 0 Å². The summed E-state index contributed by atoms with van der Waals surface area (Å²) in [5.74, 6) is 1.45. The Labute approximate surface area is 162 Å². The lowest BCUT2D eigenvalue weighted by Gasteiger charge is -2.09. The third kappa shape index (κ3) is 2.62. The summed E-state index contributed by atoms with van der Waals surface area (Å²) in [5.41, 5.74) is 5.23. The summed E-state index contributed by atoms with van der Waals surface area (Å²) in [6, 6.07) is 18.6. The second-order valence-electron chi connectivity index (χ2n) is 6.77. The molecule has 2 aromatic carbocycles. The van der Waals surface area contributed by atoms with Crippen molar-refractivity contribution in [2.75, 3.05) is 7.11 Å². The van der Waals surface area contributed by atoms with Crippen molar-refractivity contribution < 1.29 is 4.74 Å². The second-order valence-corrected chi connectivity index (χ2v) is 6.77. The van der Waals surface area contributed by atoms with E-state index in [2.05, 4.69) is 56.2 Å². The Bertz CT molecular complexity index is 1290. The molecule has 28 heavy (non-hydrogen) atoms. The SMILES string of the molecule is COc1cccc2c(-c3cc(C)nc4ncnn34)cn(Cc3ccccc3)c12. The summed E-state index contributed by atoms with van der Waals surface area (Å²) in [6.07, 6.45) is 3.70. The molecule has 0 unspecified atom stereocenters. The van der Waals surface area contributed by atoms with E-state index in [0.717, 1.165) is 40.1 Å². The summed E-state index contributed by atoms with van der Waals surface area (Å²) < 4.78 is 9.70. The first-order valence-electron chi connectivity index (χ1n) is 9.12. The van der Waals surface area contributed by atoms with E-state index in [-0.39, 0.29) is 0 Å². The van der Waals surface area contributed by atoms with Crippen LogP contribution in [-0.2, 0) is 6.54 Å². The summed E-state index contributed by atoms with van der Waals surface area (Å²) in [4.78, 5) is 8.73. The molecule has 0 saturated heterocycles. The van der Waals surface area contributed by atoms with E-state index in [1.54, 1.807) is 11.6 Å². The molecule has 0 N–H and O–H groups in total. The van der Waals surface area contributed by atoms with Gasteiger partial charge in [0.2, 0.25) is 0 Å². The summed E-state index contributed by atoms with van der Waals surface area (Å²) >= 11 is 0. The average Bonchev–Trinajstić information content (AvgIpc) is 3.33. The van der Waals surface area contributed by atoms with Gasteiger partial charge in [-0.3, -0.25) is 0 Å². The van der Waals surface area contributed by atoms with Crippen LogP contribution in [0.3, 0.4) is 0 Å². The van der Waals surface area contributed by atoms with Crippen LogP contribution < -0.4 is 4.74 Å². The van der Waals surface area contributed by atoms with Crippen LogP contribution in [0.1, 0.15) is 11.3 Å². The van der Waals surface area contributed by atoms with Crippen molar-refractivity contribution in [1.29, 1.82) is 0 Å². The molecule has 0 aliphatic rings. The lowest BCUT2D eigenvalue weighted by Crippen LogP contribution is -1.99. The van der Waals surface area contributed by atoms with Crippen LogP contribution in [0.15, 0.2) is 67.1 Å². The van der Waals surface area contributed by atoms with Crippen molar-refractivity contribution in [3.05, 3.63) is 78.4 Å². The number of rotatable bonds is 4. The van der Waals surface area contributed by atoms with E-state index in [9.17, 15) is 0 Å². The van der Waals surface area contributed by atoms with Crippen LogP contribution in [0.5, 0.6) is 5.75 Å². The van der Waals surface area contributed by atoms with E-state index in [1.165, 1.54) is 11.9 Å². The van der Waals surface area contributed by atoms with Crippen molar-refractivity contribution in [3.8, 4) is 17.0 Å². The quantitative estimate of drug-likeness (QED) is 0.478. The number of nitrogens with zero attached hydrogens (tertiary/aromatic N) is 5. The van der Waals surface area contributed by atoms with Crippen LogP contribution in [0.25, 0.3) is 27.9 Å². The molecule has 0 atom stereocenters. The number of para-hydroxylation sites is 1. The zero-order valence-electron chi connectivity index (χ0n) is 15.7. The van der Waals surface area contributed by atoms with Crippen molar-refractivity contribution >= 4 is 16.7 Å². The molecule has 0 saturated carbocycles. The Morgan fingerprint density at radius 1 is 1.04 bits per heavy atom. The Kier molecular flexibility index (Phi) is 3.83. The van der Waals surface area contributed by atoms with Crippen molar-refractivity contribution in [1.82, 2.24) is 24.1 Å². The fourth-order valence-electron chi connectivity index (χ4n) is 3.72. The molecule has 5 rings (SSSR count). The van der Waals surface area contributed by atoms with Crippen molar-refractivity contribution in [2.24, 2.45) is 0 Å². The molecule has 0 bridgehead atoms. The fraction of sp³-hybridized carbons (Fsp3) is 0.136. The van der Waals surface area contributed by atoms with E-state index in [4.69, 9.17) is 4.74 Å². The number of aryl methyl sites for hydroxylation is 1.